The first-order chi connectivity index (χ1) is 12.2. The van der Waals surface area contributed by atoms with Gasteiger partial charge in [0.15, 0.2) is 6.29 Å². The standard InChI is InChI=1S/C21H21NO3/c1-25-21(24)17-10-11-20-19(13-17)18(15-23)14-22(20)12-6-5-9-16-7-3-2-4-8-16/h2-4,7-8,10-11,13-15H,5-6,9,12H2,1H3. The molecule has 1 aromatic heterocycles. The quantitative estimate of drug-likeness (QED) is 0.368. The van der Waals surface area contributed by atoms with Gasteiger partial charge in [0.1, 0.15) is 0 Å². The summed E-state index contributed by atoms with van der Waals surface area (Å²) in [7, 11) is 1.35. The molecule has 1 heterocycles. The Morgan fingerprint density at radius 2 is 1.92 bits per heavy atom. The minimum atomic E-state index is -0.394. The molecule has 4 nitrogen and oxygen atoms in total. The van der Waals surface area contributed by atoms with Crippen LogP contribution in [0.2, 0.25) is 0 Å². The van der Waals surface area contributed by atoms with Crippen molar-refractivity contribution in [3.8, 4) is 0 Å². The van der Waals surface area contributed by atoms with Gasteiger partial charge in [-0.15, -0.1) is 0 Å². The van der Waals surface area contributed by atoms with E-state index in [0.29, 0.717) is 11.1 Å². The Hall–Kier alpha value is -2.88. The van der Waals surface area contributed by atoms with Crippen LogP contribution in [0.4, 0.5) is 0 Å². The largest absolute Gasteiger partial charge is 0.465 e. The molecule has 0 spiro atoms. The summed E-state index contributed by atoms with van der Waals surface area (Å²) < 4.78 is 6.84. The number of esters is 1. The maximum Gasteiger partial charge on any atom is 0.337 e. The minimum Gasteiger partial charge on any atom is -0.465 e. The van der Waals surface area contributed by atoms with Crippen LogP contribution in [0.3, 0.4) is 0 Å². The lowest BCUT2D eigenvalue weighted by molar-refractivity contribution is 0.0600. The highest BCUT2D eigenvalue weighted by atomic mass is 16.5. The molecule has 0 aliphatic carbocycles. The third-order valence-electron chi connectivity index (χ3n) is 4.42. The number of methoxy groups -OCH3 is 1. The van der Waals surface area contributed by atoms with E-state index in [1.165, 1.54) is 12.7 Å². The topological polar surface area (TPSA) is 48.3 Å². The van der Waals surface area contributed by atoms with E-state index in [1.807, 2.05) is 18.3 Å². The zero-order valence-corrected chi connectivity index (χ0v) is 14.3. The van der Waals surface area contributed by atoms with Crippen LogP contribution in [0.5, 0.6) is 0 Å². The van der Waals surface area contributed by atoms with Crippen molar-refractivity contribution >= 4 is 23.2 Å². The molecule has 0 radical (unpaired) electrons. The fraction of sp³-hybridized carbons (Fsp3) is 0.238. The zero-order valence-electron chi connectivity index (χ0n) is 14.3. The summed E-state index contributed by atoms with van der Waals surface area (Å²) in [6, 6.07) is 15.8. The third-order valence-corrected chi connectivity index (χ3v) is 4.42. The Bertz CT molecular complexity index is 881. The lowest BCUT2D eigenvalue weighted by atomic mass is 10.1. The van der Waals surface area contributed by atoms with Gasteiger partial charge in [0.25, 0.3) is 0 Å². The molecule has 4 heteroatoms. The molecule has 0 atom stereocenters. The number of benzene rings is 2. The van der Waals surface area contributed by atoms with E-state index >= 15 is 0 Å². The van der Waals surface area contributed by atoms with E-state index in [2.05, 4.69) is 28.8 Å². The third kappa shape index (κ3) is 3.79. The molecule has 25 heavy (non-hydrogen) atoms. The maximum atomic E-state index is 11.7. The fourth-order valence-corrected chi connectivity index (χ4v) is 3.10. The van der Waals surface area contributed by atoms with Crippen molar-refractivity contribution < 1.29 is 14.3 Å². The van der Waals surface area contributed by atoms with E-state index in [-0.39, 0.29) is 0 Å². The molecule has 128 valence electrons. The highest BCUT2D eigenvalue weighted by Gasteiger charge is 2.12. The van der Waals surface area contributed by atoms with Gasteiger partial charge in [0.05, 0.1) is 12.7 Å². The molecule has 0 aliphatic rings. The average molecular weight is 335 g/mol. The number of unbranched alkanes of at least 4 members (excludes halogenated alkanes) is 1. The molecule has 0 saturated carbocycles. The van der Waals surface area contributed by atoms with Gasteiger partial charge in [-0.3, -0.25) is 4.79 Å². The van der Waals surface area contributed by atoms with Crippen LogP contribution in [0.25, 0.3) is 10.9 Å². The van der Waals surface area contributed by atoms with Crippen LogP contribution < -0.4 is 0 Å². The predicted octanol–water partition coefficient (Wildman–Crippen LogP) is 4.26. The maximum absolute atomic E-state index is 11.7. The summed E-state index contributed by atoms with van der Waals surface area (Å²) in [6.07, 6.45) is 5.86. The minimum absolute atomic E-state index is 0.394. The molecular weight excluding hydrogens is 314 g/mol. The zero-order chi connectivity index (χ0) is 17.6. The van der Waals surface area contributed by atoms with Gasteiger partial charge in [-0.05, 0) is 43.0 Å². The van der Waals surface area contributed by atoms with Crippen LogP contribution >= 0.6 is 0 Å². The Labute approximate surface area is 147 Å². The van der Waals surface area contributed by atoms with Gasteiger partial charge in [-0.2, -0.15) is 0 Å². The van der Waals surface area contributed by atoms with Crippen LogP contribution in [0.1, 0.15) is 39.1 Å². The number of carbonyl (C=O) groups excluding carboxylic acids is 2. The van der Waals surface area contributed by atoms with E-state index in [1.54, 1.807) is 12.1 Å². The van der Waals surface area contributed by atoms with E-state index in [0.717, 1.165) is 43.0 Å². The molecule has 0 fully saturated rings. The van der Waals surface area contributed by atoms with E-state index in [9.17, 15) is 9.59 Å². The van der Waals surface area contributed by atoms with Crippen LogP contribution in [-0.4, -0.2) is 23.9 Å². The molecule has 3 rings (SSSR count). The number of hydrogen-bond donors (Lipinski definition) is 0. The van der Waals surface area contributed by atoms with Crippen molar-refractivity contribution in [2.24, 2.45) is 0 Å². The van der Waals surface area contributed by atoms with Crippen molar-refractivity contribution in [3.63, 3.8) is 0 Å². The highest BCUT2D eigenvalue weighted by molar-refractivity contribution is 6.01. The molecule has 0 aliphatic heterocycles. The molecule has 2 aromatic carbocycles. The first-order valence-corrected chi connectivity index (χ1v) is 8.43. The Morgan fingerprint density at radius 1 is 1.12 bits per heavy atom. The van der Waals surface area contributed by atoms with Crippen molar-refractivity contribution in [2.45, 2.75) is 25.8 Å². The Morgan fingerprint density at radius 3 is 2.64 bits per heavy atom. The van der Waals surface area contributed by atoms with E-state index in [4.69, 9.17) is 4.74 Å². The predicted molar refractivity (Wildman–Crippen MR) is 98.0 cm³/mol. The number of aldehydes is 1. The van der Waals surface area contributed by atoms with Gasteiger partial charge in [-0.25, -0.2) is 4.79 Å². The van der Waals surface area contributed by atoms with Gasteiger partial charge in [-0.1, -0.05) is 30.3 Å². The summed E-state index contributed by atoms with van der Waals surface area (Å²) >= 11 is 0. The number of aromatic nitrogens is 1. The molecule has 0 saturated heterocycles. The monoisotopic (exact) mass is 335 g/mol. The Kier molecular flexibility index (Phi) is 5.29. The van der Waals surface area contributed by atoms with Gasteiger partial charge in [0, 0.05) is 29.2 Å². The smallest absolute Gasteiger partial charge is 0.337 e. The summed E-state index contributed by atoms with van der Waals surface area (Å²) in [6.45, 7) is 0.842. The van der Waals surface area contributed by atoms with Crippen molar-refractivity contribution in [1.82, 2.24) is 4.57 Å². The SMILES string of the molecule is COC(=O)c1ccc2c(c1)c(C=O)cn2CCCCc1ccccc1. The molecule has 3 aromatic rings. The summed E-state index contributed by atoms with van der Waals surface area (Å²) in [5, 5.41) is 0.793. The summed E-state index contributed by atoms with van der Waals surface area (Å²) in [4.78, 5) is 23.1. The first-order valence-electron chi connectivity index (χ1n) is 8.43. The second-order valence-electron chi connectivity index (χ2n) is 6.06. The van der Waals surface area contributed by atoms with Gasteiger partial charge >= 0.3 is 5.97 Å². The number of aryl methyl sites for hydroxylation is 2. The normalized spacial score (nSPS) is 10.8. The van der Waals surface area contributed by atoms with Crippen LogP contribution in [-0.2, 0) is 17.7 Å². The number of hydrogen-bond acceptors (Lipinski definition) is 3. The van der Waals surface area contributed by atoms with Crippen molar-refractivity contribution in [2.75, 3.05) is 7.11 Å². The van der Waals surface area contributed by atoms with Crippen LogP contribution in [0.15, 0.2) is 54.7 Å². The lowest BCUT2D eigenvalue weighted by Crippen LogP contribution is -2.01. The molecule has 0 N–H and O–H groups in total. The second kappa shape index (κ2) is 7.79. The Balaban J connectivity index is 1.73. The number of nitrogens with zero attached hydrogens (tertiary/aromatic N) is 1. The van der Waals surface area contributed by atoms with Crippen LogP contribution in [0, 0.1) is 0 Å². The molecule has 0 bridgehead atoms. The van der Waals surface area contributed by atoms with Gasteiger partial charge in [0.2, 0.25) is 0 Å². The molecule has 0 amide bonds. The summed E-state index contributed by atoms with van der Waals surface area (Å²) in [5.74, 6) is -0.394. The van der Waals surface area contributed by atoms with Crippen molar-refractivity contribution in [3.05, 3.63) is 71.4 Å². The number of carbonyl (C=O) groups is 2. The highest BCUT2D eigenvalue weighted by Crippen LogP contribution is 2.23. The fourth-order valence-electron chi connectivity index (χ4n) is 3.10. The molecule has 0 unspecified atom stereocenters. The lowest BCUT2D eigenvalue weighted by Gasteiger charge is -2.06. The average Bonchev–Trinajstić information content (AvgIpc) is 3.02. The first kappa shape index (κ1) is 17.0. The number of rotatable bonds is 7. The number of fused-ring (bicyclic) bond motifs is 1. The van der Waals surface area contributed by atoms with Gasteiger partial charge < -0.3 is 9.30 Å². The summed E-state index contributed by atoms with van der Waals surface area (Å²) in [5.41, 5.74) is 3.37. The molecular formula is C21H21NO3. The van der Waals surface area contributed by atoms with Crippen molar-refractivity contribution in [1.29, 1.82) is 0 Å². The van der Waals surface area contributed by atoms with E-state index < -0.39 is 5.97 Å². The number of ether oxygens (including phenoxy) is 1. The second-order valence-corrected chi connectivity index (χ2v) is 6.06.